The third-order valence-corrected chi connectivity index (χ3v) is 6.32. The lowest BCUT2D eigenvalue weighted by Gasteiger charge is -2.22. The maximum absolute atomic E-state index is 13.6. The van der Waals surface area contributed by atoms with E-state index in [4.69, 9.17) is 4.42 Å². The molecular weight excluding hydrogens is 508 g/mol. The summed E-state index contributed by atoms with van der Waals surface area (Å²) in [6.45, 7) is 2.00. The molecule has 0 saturated carbocycles. The van der Waals surface area contributed by atoms with Crippen molar-refractivity contribution in [3.63, 3.8) is 0 Å². The van der Waals surface area contributed by atoms with E-state index in [0.717, 1.165) is 27.0 Å². The fourth-order valence-corrected chi connectivity index (χ4v) is 4.63. The second kappa shape index (κ2) is 9.19. The summed E-state index contributed by atoms with van der Waals surface area (Å²) in [5.74, 6) is 0.902. The number of furan rings is 1. The molecule has 1 aliphatic rings. The first-order valence-electron chi connectivity index (χ1n) is 10.8. The number of anilines is 1. The number of aryl methyl sites for hydroxylation is 1. The Labute approximate surface area is 210 Å². The van der Waals surface area contributed by atoms with Crippen molar-refractivity contribution in [2.45, 2.75) is 6.92 Å². The normalized spacial score (nSPS) is 14.5. The molecule has 35 heavy (non-hydrogen) atoms. The summed E-state index contributed by atoms with van der Waals surface area (Å²) in [6, 6.07) is 25.3. The molecule has 2 heterocycles. The van der Waals surface area contributed by atoms with E-state index >= 15 is 0 Å². The Morgan fingerprint density at radius 1 is 0.943 bits per heavy atom. The SMILES string of the molecule is Cc1ccc(N2C(=O)/C(=C/c3ccc(-c4ccc([N+](=O)[O-])cc4)o3)C=C2c2ccccc2)c(Br)c1. The van der Waals surface area contributed by atoms with Crippen LogP contribution < -0.4 is 4.90 Å². The van der Waals surface area contributed by atoms with Crippen LogP contribution in [0.15, 0.2) is 105 Å². The number of carbonyl (C=O) groups is 1. The van der Waals surface area contributed by atoms with E-state index in [1.807, 2.05) is 61.5 Å². The largest absolute Gasteiger partial charge is 0.457 e. The Balaban J connectivity index is 1.52. The number of nitro groups is 1. The third-order valence-electron chi connectivity index (χ3n) is 5.68. The summed E-state index contributed by atoms with van der Waals surface area (Å²) < 4.78 is 6.77. The molecule has 1 amide bonds. The highest BCUT2D eigenvalue weighted by molar-refractivity contribution is 9.10. The topological polar surface area (TPSA) is 76.6 Å². The second-order valence-electron chi connectivity index (χ2n) is 8.10. The van der Waals surface area contributed by atoms with Gasteiger partial charge in [0, 0.05) is 27.7 Å². The van der Waals surface area contributed by atoms with Crippen LogP contribution in [0.5, 0.6) is 0 Å². The van der Waals surface area contributed by atoms with E-state index in [1.54, 1.807) is 35.2 Å². The van der Waals surface area contributed by atoms with E-state index in [2.05, 4.69) is 15.9 Å². The fraction of sp³-hybridized carbons (Fsp3) is 0.0357. The van der Waals surface area contributed by atoms with Gasteiger partial charge in [0.15, 0.2) is 0 Å². The number of hydrogen-bond acceptors (Lipinski definition) is 4. The lowest BCUT2D eigenvalue weighted by atomic mass is 10.1. The first kappa shape index (κ1) is 22.6. The van der Waals surface area contributed by atoms with Crippen LogP contribution in [0.2, 0.25) is 0 Å². The predicted molar refractivity (Wildman–Crippen MR) is 140 cm³/mol. The average Bonchev–Trinajstić information content (AvgIpc) is 3.45. The molecule has 0 aliphatic carbocycles. The van der Waals surface area contributed by atoms with Gasteiger partial charge in [-0.15, -0.1) is 0 Å². The maximum atomic E-state index is 13.6. The van der Waals surface area contributed by atoms with Crippen molar-refractivity contribution in [1.29, 1.82) is 0 Å². The molecule has 0 N–H and O–H groups in total. The van der Waals surface area contributed by atoms with Crippen LogP contribution in [0.1, 0.15) is 16.9 Å². The van der Waals surface area contributed by atoms with Crippen LogP contribution in [-0.4, -0.2) is 10.8 Å². The molecule has 0 fully saturated rings. The van der Waals surface area contributed by atoms with Crippen molar-refractivity contribution in [2.75, 3.05) is 4.90 Å². The molecule has 0 bridgehead atoms. The van der Waals surface area contributed by atoms with Crippen LogP contribution in [0.4, 0.5) is 11.4 Å². The molecule has 1 aliphatic heterocycles. The highest BCUT2D eigenvalue weighted by Crippen LogP contribution is 2.39. The number of hydrogen-bond donors (Lipinski definition) is 0. The summed E-state index contributed by atoms with van der Waals surface area (Å²) in [5, 5.41) is 10.9. The summed E-state index contributed by atoms with van der Waals surface area (Å²) in [6.07, 6.45) is 3.57. The Hall–Kier alpha value is -4.23. The zero-order chi connectivity index (χ0) is 24.5. The standard InChI is InChI=1S/C28H19BrN2O4/c1-18-7-13-25(24(29)15-18)30-26(19-5-3-2-4-6-19)17-21(28(30)32)16-23-12-14-27(35-23)20-8-10-22(11-9-20)31(33)34/h2-17H,1H3/b21-16+. The van der Waals surface area contributed by atoms with Gasteiger partial charge in [0.05, 0.1) is 16.3 Å². The number of carbonyl (C=O) groups excluding carboxylic acids is 1. The Kier molecular flexibility index (Phi) is 5.93. The number of rotatable bonds is 5. The van der Waals surface area contributed by atoms with E-state index < -0.39 is 4.92 Å². The molecule has 0 atom stereocenters. The van der Waals surface area contributed by atoms with Crippen molar-refractivity contribution >= 4 is 45.0 Å². The van der Waals surface area contributed by atoms with Crippen LogP contribution in [0.25, 0.3) is 23.1 Å². The van der Waals surface area contributed by atoms with Gasteiger partial charge in [-0.2, -0.15) is 0 Å². The van der Waals surface area contributed by atoms with Gasteiger partial charge in [0.25, 0.3) is 11.6 Å². The smallest absolute Gasteiger partial charge is 0.269 e. The lowest BCUT2D eigenvalue weighted by Crippen LogP contribution is -2.25. The summed E-state index contributed by atoms with van der Waals surface area (Å²) in [4.78, 5) is 25.7. The van der Waals surface area contributed by atoms with Crippen LogP contribution in [-0.2, 0) is 4.79 Å². The molecule has 0 radical (unpaired) electrons. The number of nitro benzene ring substituents is 1. The molecule has 0 unspecified atom stereocenters. The monoisotopic (exact) mass is 526 g/mol. The summed E-state index contributed by atoms with van der Waals surface area (Å²) in [5.41, 5.74) is 4.74. The van der Waals surface area contributed by atoms with Gasteiger partial charge in [-0.25, -0.2) is 0 Å². The van der Waals surface area contributed by atoms with Gasteiger partial charge in [-0.05, 0) is 82.5 Å². The van der Waals surface area contributed by atoms with Gasteiger partial charge >= 0.3 is 0 Å². The first-order valence-corrected chi connectivity index (χ1v) is 11.6. The van der Waals surface area contributed by atoms with Gasteiger partial charge in [0.2, 0.25) is 0 Å². The van der Waals surface area contributed by atoms with Crippen LogP contribution in [0.3, 0.4) is 0 Å². The number of amides is 1. The first-order chi connectivity index (χ1) is 16.9. The minimum absolute atomic E-state index is 0.0140. The second-order valence-corrected chi connectivity index (χ2v) is 8.95. The highest BCUT2D eigenvalue weighted by Gasteiger charge is 2.31. The van der Waals surface area contributed by atoms with Gasteiger partial charge < -0.3 is 4.42 Å². The van der Waals surface area contributed by atoms with Crippen molar-refractivity contribution in [1.82, 2.24) is 0 Å². The Morgan fingerprint density at radius 2 is 1.69 bits per heavy atom. The molecule has 0 saturated heterocycles. The zero-order valence-electron chi connectivity index (χ0n) is 18.6. The molecule has 1 aromatic heterocycles. The van der Waals surface area contributed by atoms with E-state index in [1.165, 1.54) is 12.1 Å². The molecule has 6 nitrogen and oxygen atoms in total. The molecule has 5 rings (SSSR count). The number of nitrogens with zero attached hydrogens (tertiary/aromatic N) is 2. The molecular formula is C28H19BrN2O4. The third kappa shape index (κ3) is 4.46. The van der Waals surface area contributed by atoms with Crippen molar-refractivity contribution in [2.24, 2.45) is 0 Å². The van der Waals surface area contributed by atoms with Gasteiger partial charge in [-0.1, -0.05) is 36.4 Å². The van der Waals surface area contributed by atoms with Gasteiger partial charge in [0.1, 0.15) is 11.5 Å². The maximum Gasteiger partial charge on any atom is 0.269 e. The quantitative estimate of drug-likeness (QED) is 0.154. The minimum Gasteiger partial charge on any atom is -0.457 e. The van der Waals surface area contributed by atoms with Crippen LogP contribution in [0, 0.1) is 17.0 Å². The van der Waals surface area contributed by atoms with Gasteiger partial charge in [-0.3, -0.25) is 19.8 Å². The Bertz CT molecular complexity index is 1500. The van der Waals surface area contributed by atoms with E-state index in [9.17, 15) is 14.9 Å². The number of non-ortho nitro benzene ring substituents is 1. The lowest BCUT2D eigenvalue weighted by molar-refractivity contribution is -0.384. The molecule has 7 heteroatoms. The highest BCUT2D eigenvalue weighted by atomic mass is 79.9. The molecule has 3 aromatic carbocycles. The number of benzene rings is 3. The molecule has 172 valence electrons. The van der Waals surface area contributed by atoms with E-state index in [0.29, 0.717) is 22.7 Å². The average molecular weight is 527 g/mol. The minimum atomic E-state index is -0.442. The molecule has 4 aromatic rings. The van der Waals surface area contributed by atoms with Crippen molar-refractivity contribution < 1.29 is 14.1 Å². The summed E-state index contributed by atoms with van der Waals surface area (Å²) >= 11 is 3.61. The number of halogens is 1. The Morgan fingerprint density at radius 3 is 2.37 bits per heavy atom. The van der Waals surface area contributed by atoms with Crippen LogP contribution >= 0.6 is 15.9 Å². The zero-order valence-corrected chi connectivity index (χ0v) is 20.2. The van der Waals surface area contributed by atoms with Crippen molar-refractivity contribution in [3.05, 3.63) is 128 Å². The van der Waals surface area contributed by atoms with Crippen molar-refractivity contribution in [3.8, 4) is 11.3 Å². The predicted octanol–water partition coefficient (Wildman–Crippen LogP) is 7.40. The summed E-state index contributed by atoms with van der Waals surface area (Å²) in [7, 11) is 0. The molecule has 0 spiro atoms. The fourth-order valence-electron chi connectivity index (χ4n) is 3.96. The van der Waals surface area contributed by atoms with E-state index in [-0.39, 0.29) is 11.6 Å².